The summed E-state index contributed by atoms with van der Waals surface area (Å²) in [7, 11) is 4.24. The Morgan fingerprint density at radius 1 is 0.889 bits per heavy atom. The van der Waals surface area contributed by atoms with Crippen LogP contribution in [0.2, 0.25) is 0 Å². The van der Waals surface area contributed by atoms with Crippen LogP contribution in [0.1, 0.15) is 12.8 Å². The van der Waals surface area contributed by atoms with E-state index >= 15 is 0 Å². The van der Waals surface area contributed by atoms with Gasteiger partial charge in [-0.2, -0.15) is 0 Å². The number of methoxy groups -OCH3 is 4. The molecule has 1 saturated carbocycles. The summed E-state index contributed by atoms with van der Waals surface area (Å²) < 4.78 is 18.8. The second-order valence-corrected chi connectivity index (χ2v) is 6.39. The van der Waals surface area contributed by atoms with Crippen LogP contribution in [0.15, 0.2) is 11.3 Å². The lowest BCUT2D eigenvalue weighted by atomic mass is 9.53. The fourth-order valence-corrected chi connectivity index (χ4v) is 4.25. The number of carbonyl (C=O) groups is 4. The fourth-order valence-electron chi connectivity index (χ4n) is 4.25. The first-order valence-electron chi connectivity index (χ1n) is 8.17. The van der Waals surface area contributed by atoms with Crippen LogP contribution in [-0.2, 0) is 38.1 Å². The summed E-state index contributed by atoms with van der Waals surface area (Å²) in [6.07, 6.45) is 0.0762. The molecule has 2 bridgehead atoms. The van der Waals surface area contributed by atoms with Gasteiger partial charge in [-0.1, -0.05) is 0 Å². The van der Waals surface area contributed by atoms with Crippen LogP contribution in [0.25, 0.3) is 0 Å². The molecule has 2 aliphatic carbocycles. The van der Waals surface area contributed by atoms with Crippen LogP contribution < -0.4 is 0 Å². The Balaban J connectivity index is 2.82. The van der Waals surface area contributed by atoms with Gasteiger partial charge in [-0.3, -0.25) is 14.4 Å². The molecule has 0 radical (unpaired) electrons. The summed E-state index contributed by atoms with van der Waals surface area (Å²) in [5.74, 6) is -10.4. The van der Waals surface area contributed by atoms with Gasteiger partial charge in [-0.15, -0.1) is 0 Å². The number of rotatable bonds is 4. The zero-order chi connectivity index (χ0) is 20.5. The monoisotopic (exact) mass is 386 g/mol. The van der Waals surface area contributed by atoms with Crippen LogP contribution in [0.4, 0.5) is 0 Å². The van der Waals surface area contributed by atoms with E-state index < -0.39 is 58.9 Å². The molecule has 0 aromatic heterocycles. The van der Waals surface area contributed by atoms with Crippen molar-refractivity contribution >= 4 is 23.9 Å². The van der Waals surface area contributed by atoms with Crippen LogP contribution in [-0.4, -0.2) is 68.1 Å². The maximum atomic E-state index is 12.5. The van der Waals surface area contributed by atoms with Crippen molar-refractivity contribution in [3.8, 4) is 0 Å². The SMILES string of the molecule is COC(=O)C1=C(O)C(C(=O)OC)[C@@]2(O)[C@@H](C(=O)OC)CC[C@@H]1[C@H]2C(=O)OC. The van der Waals surface area contributed by atoms with E-state index in [1.54, 1.807) is 0 Å². The Morgan fingerprint density at radius 2 is 1.44 bits per heavy atom. The van der Waals surface area contributed by atoms with Gasteiger partial charge in [0.15, 0.2) is 0 Å². The van der Waals surface area contributed by atoms with Crippen molar-refractivity contribution in [1.82, 2.24) is 0 Å². The van der Waals surface area contributed by atoms with Crippen molar-refractivity contribution < 1.29 is 48.3 Å². The van der Waals surface area contributed by atoms with Crippen molar-refractivity contribution in [2.45, 2.75) is 18.4 Å². The highest BCUT2D eigenvalue weighted by atomic mass is 16.5. The topological polar surface area (TPSA) is 146 Å². The van der Waals surface area contributed by atoms with Crippen LogP contribution in [0.5, 0.6) is 0 Å². The lowest BCUT2D eigenvalue weighted by Gasteiger charge is -2.52. The Kier molecular flexibility index (Phi) is 5.79. The molecule has 0 heterocycles. The number of fused-ring (bicyclic) bond motifs is 2. The maximum Gasteiger partial charge on any atom is 0.337 e. The van der Waals surface area contributed by atoms with Gasteiger partial charge in [0.25, 0.3) is 0 Å². The molecule has 1 unspecified atom stereocenters. The van der Waals surface area contributed by atoms with Gasteiger partial charge >= 0.3 is 23.9 Å². The molecule has 5 atom stereocenters. The third-order valence-electron chi connectivity index (χ3n) is 5.39. The van der Waals surface area contributed by atoms with Gasteiger partial charge in [-0.25, -0.2) is 4.79 Å². The normalized spacial score (nSPS) is 32.3. The molecule has 0 amide bonds. The first-order chi connectivity index (χ1) is 12.7. The van der Waals surface area contributed by atoms with Crippen LogP contribution >= 0.6 is 0 Å². The van der Waals surface area contributed by atoms with Gasteiger partial charge in [0.05, 0.1) is 45.8 Å². The quantitative estimate of drug-likeness (QED) is 0.478. The molecule has 0 aliphatic heterocycles. The molecule has 150 valence electrons. The number of hydrogen-bond acceptors (Lipinski definition) is 10. The van der Waals surface area contributed by atoms with E-state index in [0.29, 0.717) is 0 Å². The van der Waals surface area contributed by atoms with Crippen molar-refractivity contribution in [3.63, 3.8) is 0 Å². The van der Waals surface area contributed by atoms with Gasteiger partial charge < -0.3 is 29.2 Å². The minimum atomic E-state index is -2.40. The predicted octanol–water partition coefficient (Wildman–Crippen LogP) is -0.506. The minimum Gasteiger partial charge on any atom is -0.511 e. The molecule has 2 rings (SSSR count). The lowest BCUT2D eigenvalue weighted by Crippen LogP contribution is -2.66. The Labute approximate surface area is 155 Å². The molecule has 10 heteroatoms. The highest BCUT2D eigenvalue weighted by molar-refractivity contribution is 5.95. The van der Waals surface area contributed by atoms with Crippen molar-refractivity contribution in [2.24, 2.45) is 23.7 Å². The number of hydrogen-bond donors (Lipinski definition) is 2. The molecule has 1 fully saturated rings. The van der Waals surface area contributed by atoms with E-state index in [0.717, 1.165) is 28.4 Å². The molecule has 27 heavy (non-hydrogen) atoms. The van der Waals surface area contributed by atoms with Crippen LogP contribution in [0, 0.1) is 23.7 Å². The van der Waals surface area contributed by atoms with E-state index in [4.69, 9.17) is 9.47 Å². The summed E-state index contributed by atoms with van der Waals surface area (Å²) in [4.78, 5) is 49.5. The van der Waals surface area contributed by atoms with E-state index in [1.165, 1.54) is 0 Å². The molecule has 0 spiro atoms. The molecule has 0 aromatic rings. The molecular formula is C17H22O10. The third kappa shape index (κ3) is 2.93. The predicted molar refractivity (Wildman–Crippen MR) is 85.9 cm³/mol. The zero-order valence-electron chi connectivity index (χ0n) is 15.4. The fraction of sp³-hybridized carbons (Fsp3) is 0.647. The Bertz CT molecular complexity index is 696. The molecular weight excluding hydrogens is 364 g/mol. The molecule has 0 saturated heterocycles. The number of ether oxygens (including phenoxy) is 4. The van der Waals surface area contributed by atoms with Gasteiger partial charge in [0, 0.05) is 5.92 Å². The molecule has 2 N–H and O–H groups in total. The zero-order valence-corrected chi connectivity index (χ0v) is 15.4. The number of aliphatic hydroxyl groups excluding tert-OH is 1. The highest BCUT2D eigenvalue weighted by Gasteiger charge is 2.68. The van der Waals surface area contributed by atoms with Crippen LogP contribution in [0.3, 0.4) is 0 Å². The minimum absolute atomic E-state index is 0.00258. The average molecular weight is 386 g/mol. The third-order valence-corrected chi connectivity index (χ3v) is 5.39. The summed E-state index contributed by atoms with van der Waals surface area (Å²) in [6.45, 7) is 0. The van der Waals surface area contributed by atoms with E-state index in [9.17, 15) is 29.4 Å². The van der Waals surface area contributed by atoms with E-state index in [-0.39, 0.29) is 18.4 Å². The lowest BCUT2D eigenvalue weighted by molar-refractivity contribution is -0.204. The molecule has 0 aromatic carbocycles. The van der Waals surface area contributed by atoms with Crippen molar-refractivity contribution in [2.75, 3.05) is 28.4 Å². The second kappa shape index (κ2) is 7.55. The number of esters is 4. The highest BCUT2D eigenvalue weighted by Crippen LogP contribution is 2.55. The summed E-state index contributed by atoms with van der Waals surface area (Å²) in [6, 6.07) is 0. The largest absolute Gasteiger partial charge is 0.511 e. The standard InChI is InChI=1S/C17H22O10/c1-24-13(19)8-6-5-7-9(14(20)25-2)12(18)11(16(22)27-4)17(8,23)10(7)15(21)26-3/h7-8,10-11,18,23H,5-6H2,1-4H3/t7-,8+,10-,11?,17+/m0/s1. The molecule has 10 nitrogen and oxygen atoms in total. The Morgan fingerprint density at radius 3 is 1.93 bits per heavy atom. The molecule has 2 aliphatic rings. The summed E-state index contributed by atoms with van der Waals surface area (Å²) >= 11 is 0. The van der Waals surface area contributed by atoms with E-state index in [2.05, 4.69) is 9.47 Å². The smallest absolute Gasteiger partial charge is 0.337 e. The first kappa shape index (κ1) is 20.7. The van der Waals surface area contributed by atoms with Crippen molar-refractivity contribution in [1.29, 1.82) is 0 Å². The van der Waals surface area contributed by atoms with E-state index in [1.807, 2.05) is 0 Å². The van der Waals surface area contributed by atoms with Crippen molar-refractivity contribution in [3.05, 3.63) is 11.3 Å². The first-order valence-corrected chi connectivity index (χ1v) is 8.17. The Hall–Kier alpha value is -2.62. The second-order valence-electron chi connectivity index (χ2n) is 6.39. The number of aliphatic hydroxyl groups is 2. The van der Waals surface area contributed by atoms with Gasteiger partial charge in [-0.05, 0) is 12.8 Å². The number of carbonyl (C=O) groups excluding carboxylic acids is 4. The maximum absolute atomic E-state index is 12.5. The summed E-state index contributed by atoms with van der Waals surface area (Å²) in [5, 5.41) is 22.1. The summed E-state index contributed by atoms with van der Waals surface area (Å²) in [5.41, 5.74) is -2.73. The average Bonchev–Trinajstić information content (AvgIpc) is 2.65. The van der Waals surface area contributed by atoms with Gasteiger partial charge in [0.2, 0.25) is 0 Å². The van der Waals surface area contributed by atoms with Gasteiger partial charge in [0.1, 0.15) is 17.3 Å².